The van der Waals surface area contributed by atoms with E-state index in [9.17, 15) is 22.8 Å². The summed E-state index contributed by atoms with van der Waals surface area (Å²) < 4.78 is 33.0. The zero-order valence-electron chi connectivity index (χ0n) is 18.1. The Morgan fingerprint density at radius 2 is 1.59 bits per heavy atom. The van der Waals surface area contributed by atoms with Crippen LogP contribution in [0.3, 0.4) is 0 Å². The highest BCUT2D eigenvalue weighted by molar-refractivity contribution is 7.92. The van der Waals surface area contributed by atoms with Crippen LogP contribution in [0.1, 0.15) is 32.7 Å². The van der Waals surface area contributed by atoms with Crippen LogP contribution in [-0.4, -0.2) is 39.4 Å². The van der Waals surface area contributed by atoms with Crippen LogP contribution >= 0.6 is 0 Å². The molecule has 0 fully saturated rings. The lowest BCUT2D eigenvalue weighted by atomic mass is 10.0. The fourth-order valence-electron chi connectivity index (χ4n) is 3.70. The fourth-order valence-corrected chi connectivity index (χ4v) is 5.29. The molecule has 0 radical (unpaired) electrons. The first kappa shape index (κ1) is 23.2. The summed E-state index contributed by atoms with van der Waals surface area (Å²) in [5, 5.41) is 2.13. The number of amides is 2. The number of nitrogens with zero attached hydrogens (tertiary/aromatic N) is 1. The summed E-state index contributed by atoms with van der Waals surface area (Å²) in [6, 6.07) is 20.9. The number of para-hydroxylation sites is 1. The summed E-state index contributed by atoms with van der Waals surface area (Å²) in [6.45, 7) is -0.350. The highest BCUT2D eigenvalue weighted by atomic mass is 32.2. The number of nitrogens with one attached hydrogen (secondary N) is 1. The van der Waals surface area contributed by atoms with E-state index in [1.807, 2.05) is 12.1 Å². The Morgan fingerprint density at radius 3 is 2.38 bits per heavy atom. The van der Waals surface area contributed by atoms with Crippen LogP contribution < -0.4 is 9.62 Å². The van der Waals surface area contributed by atoms with Gasteiger partial charge in [-0.05, 0) is 54.8 Å². The molecule has 4 rings (SSSR count). The van der Waals surface area contributed by atoms with E-state index in [0.29, 0.717) is 24.2 Å². The Balaban J connectivity index is 1.44. The topological polar surface area (TPSA) is 110 Å². The zero-order valence-corrected chi connectivity index (χ0v) is 19.0. The van der Waals surface area contributed by atoms with Gasteiger partial charge in [-0.3, -0.25) is 19.2 Å². The number of esters is 1. The number of anilines is 1. The number of carbonyl (C=O) groups is 3. The number of hydrogen-bond acceptors (Lipinski definition) is 6. The second-order valence-electron chi connectivity index (χ2n) is 7.66. The molecule has 0 bridgehead atoms. The highest BCUT2D eigenvalue weighted by Crippen LogP contribution is 2.32. The molecule has 0 unspecified atom stereocenters. The average Bonchev–Trinajstić information content (AvgIpc) is 2.87. The molecule has 2 amide bonds. The molecule has 0 saturated carbocycles. The monoisotopic (exact) mass is 478 g/mol. The molecule has 9 heteroatoms. The van der Waals surface area contributed by atoms with E-state index in [2.05, 4.69) is 5.32 Å². The summed E-state index contributed by atoms with van der Waals surface area (Å²) in [6.07, 6.45) is 1.48. The van der Waals surface area contributed by atoms with Crippen molar-refractivity contribution in [3.05, 3.63) is 95.6 Å². The molecule has 1 aliphatic rings. The van der Waals surface area contributed by atoms with E-state index in [-0.39, 0.29) is 10.5 Å². The maximum absolute atomic E-state index is 13.3. The molecule has 8 nitrogen and oxygen atoms in total. The number of benzene rings is 3. The Hall–Kier alpha value is -3.98. The van der Waals surface area contributed by atoms with E-state index < -0.39 is 34.4 Å². The maximum atomic E-state index is 13.3. The molecule has 0 aromatic heterocycles. The van der Waals surface area contributed by atoms with Crippen LogP contribution in [0.25, 0.3) is 0 Å². The van der Waals surface area contributed by atoms with Crippen molar-refractivity contribution in [2.75, 3.05) is 17.5 Å². The SMILES string of the molecule is O=C(COC(=O)c1cccc(S(=O)(=O)N2CCCc3ccccc32)c1)NC(=O)c1ccccc1. The summed E-state index contributed by atoms with van der Waals surface area (Å²) in [7, 11) is -3.91. The predicted octanol–water partition coefficient (Wildman–Crippen LogP) is 2.94. The molecule has 0 atom stereocenters. The van der Waals surface area contributed by atoms with Gasteiger partial charge in [-0.2, -0.15) is 0 Å². The minimum atomic E-state index is -3.91. The minimum absolute atomic E-state index is 0.0199. The van der Waals surface area contributed by atoms with E-state index in [1.165, 1.54) is 28.6 Å². The van der Waals surface area contributed by atoms with Crippen molar-refractivity contribution in [3.63, 3.8) is 0 Å². The number of sulfonamides is 1. The zero-order chi connectivity index (χ0) is 24.1. The molecule has 1 aliphatic heterocycles. The third kappa shape index (κ3) is 4.99. The molecular weight excluding hydrogens is 456 g/mol. The molecule has 3 aromatic carbocycles. The van der Waals surface area contributed by atoms with Crippen molar-refractivity contribution in [1.82, 2.24) is 5.32 Å². The van der Waals surface area contributed by atoms with E-state index in [0.717, 1.165) is 12.0 Å². The van der Waals surface area contributed by atoms with E-state index in [1.54, 1.807) is 42.5 Å². The molecule has 0 aliphatic carbocycles. The molecule has 34 heavy (non-hydrogen) atoms. The maximum Gasteiger partial charge on any atom is 0.338 e. The largest absolute Gasteiger partial charge is 0.452 e. The molecule has 0 spiro atoms. The smallest absolute Gasteiger partial charge is 0.338 e. The third-order valence-electron chi connectivity index (χ3n) is 5.35. The number of aryl methyl sites for hydroxylation is 1. The molecule has 0 saturated heterocycles. The lowest BCUT2D eigenvalue weighted by Crippen LogP contribution is -2.35. The van der Waals surface area contributed by atoms with Crippen molar-refractivity contribution in [2.45, 2.75) is 17.7 Å². The summed E-state index contributed by atoms with van der Waals surface area (Å²) >= 11 is 0. The Morgan fingerprint density at radius 1 is 0.882 bits per heavy atom. The quantitative estimate of drug-likeness (QED) is 0.546. The van der Waals surface area contributed by atoms with Crippen molar-refractivity contribution in [2.24, 2.45) is 0 Å². The summed E-state index contributed by atoms with van der Waals surface area (Å²) in [5.41, 5.74) is 1.85. The predicted molar refractivity (Wildman–Crippen MR) is 125 cm³/mol. The van der Waals surface area contributed by atoms with Crippen molar-refractivity contribution >= 4 is 33.5 Å². The Kier molecular flexibility index (Phi) is 6.74. The van der Waals surface area contributed by atoms with Gasteiger partial charge in [0.15, 0.2) is 6.61 Å². The first-order valence-corrected chi connectivity index (χ1v) is 12.1. The van der Waals surface area contributed by atoms with Gasteiger partial charge in [0.25, 0.3) is 21.8 Å². The van der Waals surface area contributed by atoms with Gasteiger partial charge in [-0.25, -0.2) is 13.2 Å². The second-order valence-corrected chi connectivity index (χ2v) is 9.52. The Bertz CT molecular complexity index is 1340. The summed E-state index contributed by atoms with van der Waals surface area (Å²) in [5.74, 6) is -2.29. The van der Waals surface area contributed by atoms with Crippen molar-refractivity contribution in [3.8, 4) is 0 Å². The number of carbonyl (C=O) groups excluding carboxylic acids is 3. The van der Waals surface area contributed by atoms with Gasteiger partial charge in [0.1, 0.15) is 0 Å². The van der Waals surface area contributed by atoms with Crippen molar-refractivity contribution < 1.29 is 27.5 Å². The average molecular weight is 479 g/mol. The highest BCUT2D eigenvalue weighted by Gasteiger charge is 2.29. The van der Waals surface area contributed by atoms with Crippen LogP contribution in [0.4, 0.5) is 5.69 Å². The lowest BCUT2D eigenvalue weighted by Gasteiger charge is -2.30. The fraction of sp³-hybridized carbons (Fsp3) is 0.160. The third-order valence-corrected chi connectivity index (χ3v) is 7.16. The molecule has 174 valence electrons. The first-order chi connectivity index (χ1) is 16.4. The van der Waals surface area contributed by atoms with Crippen molar-refractivity contribution in [1.29, 1.82) is 0 Å². The number of ether oxygens (including phenoxy) is 1. The standard InChI is InChI=1S/C25H22N2O6S/c28-23(26-24(29)19-9-2-1-3-10-19)17-33-25(30)20-11-6-13-21(16-20)34(31,32)27-15-7-12-18-8-4-5-14-22(18)27/h1-6,8-11,13-14,16H,7,12,15,17H2,(H,26,28,29). The van der Waals surface area contributed by atoms with Crippen LogP contribution in [-0.2, 0) is 26.0 Å². The Labute approximate surface area is 197 Å². The van der Waals surface area contributed by atoms with Gasteiger partial charge < -0.3 is 4.74 Å². The summed E-state index contributed by atoms with van der Waals surface area (Å²) in [4.78, 5) is 36.4. The number of imide groups is 1. The van der Waals surface area contributed by atoms with Crippen LogP contribution in [0.2, 0.25) is 0 Å². The molecule has 3 aromatic rings. The van der Waals surface area contributed by atoms with Crippen LogP contribution in [0.5, 0.6) is 0 Å². The van der Waals surface area contributed by atoms with Gasteiger partial charge >= 0.3 is 5.97 Å². The van der Waals surface area contributed by atoms with Gasteiger partial charge in [0.05, 0.1) is 16.1 Å². The van der Waals surface area contributed by atoms with Crippen LogP contribution in [0, 0.1) is 0 Å². The first-order valence-electron chi connectivity index (χ1n) is 10.6. The van der Waals surface area contributed by atoms with Gasteiger partial charge in [0.2, 0.25) is 0 Å². The van der Waals surface area contributed by atoms with Gasteiger partial charge in [-0.1, -0.05) is 42.5 Å². The molecule has 1 N–H and O–H groups in total. The second kappa shape index (κ2) is 9.88. The van der Waals surface area contributed by atoms with Gasteiger partial charge in [-0.15, -0.1) is 0 Å². The normalized spacial score (nSPS) is 13.0. The van der Waals surface area contributed by atoms with E-state index in [4.69, 9.17) is 4.74 Å². The van der Waals surface area contributed by atoms with Crippen LogP contribution in [0.15, 0.2) is 83.8 Å². The molecule has 1 heterocycles. The number of rotatable bonds is 6. The van der Waals surface area contributed by atoms with E-state index >= 15 is 0 Å². The molecular formula is C25H22N2O6S. The lowest BCUT2D eigenvalue weighted by molar-refractivity contribution is -0.123. The number of fused-ring (bicyclic) bond motifs is 1. The number of hydrogen-bond donors (Lipinski definition) is 1. The minimum Gasteiger partial charge on any atom is -0.452 e. The van der Waals surface area contributed by atoms with Gasteiger partial charge in [0, 0.05) is 12.1 Å².